The molecule has 1 saturated heterocycles. The number of hydrogen-bond acceptors (Lipinski definition) is 5. The highest BCUT2D eigenvalue weighted by Gasteiger charge is 2.67. The summed E-state index contributed by atoms with van der Waals surface area (Å²) in [5.74, 6) is -0.493. The van der Waals surface area contributed by atoms with Gasteiger partial charge in [0.15, 0.2) is 5.54 Å². The van der Waals surface area contributed by atoms with Crippen molar-refractivity contribution in [3.8, 4) is 0 Å². The lowest BCUT2D eigenvalue weighted by molar-refractivity contribution is -0.154. The minimum atomic E-state index is -1.09. The van der Waals surface area contributed by atoms with Gasteiger partial charge < -0.3 is 14.9 Å². The summed E-state index contributed by atoms with van der Waals surface area (Å²) in [5.41, 5.74) is -0.205. The van der Waals surface area contributed by atoms with Gasteiger partial charge in [-0.3, -0.25) is 4.90 Å². The Hall–Kier alpha value is -1.69. The van der Waals surface area contributed by atoms with Crippen LogP contribution in [-0.4, -0.2) is 45.5 Å². The number of benzene rings is 1. The Morgan fingerprint density at radius 3 is 2.79 bits per heavy atom. The van der Waals surface area contributed by atoms with Crippen molar-refractivity contribution in [2.24, 2.45) is 0 Å². The summed E-state index contributed by atoms with van der Waals surface area (Å²) in [6.07, 6.45) is 1.16. The Balaban J connectivity index is 1.67. The zero-order valence-corrected chi connectivity index (χ0v) is 10.3. The predicted molar refractivity (Wildman–Crippen MR) is 66.8 cm³/mol. The average Bonchev–Trinajstić information content (AvgIpc) is 3.20. The molecule has 1 aromatic carbocycles. The Morgan fingerprint density at radius 1 is 1.32 bits per heavy atom. The molecule has 5 nitrogen and oxygen atoms in total. The maximum absolute atomic E-state index is 12.1. The highest BCUT2D eigenvalue weighted by Crippen LogP contribution is 2.42. The maximum Gasteiger partial charge on any atom is 0.331 e. The Morgan fingerprint density at radius 2 is 2.05 bits per heavy atom. The van der Waals surface area contributed by atoms with E-state index in [2.05, 4.69) is 0 Å². The lowest BCUT2D eigenvalue weighted by Crippen LogP contribution is -2.46. The molecule has 19 heavy (non-hydrogen) atoms. The van der Waals surface area contributed by atoms with Crippen LogP contribution in [0.2, 0.25) is 0 Å². The van der Waals surface area contributed by atoms with Gasteiger partial charge in [-0.15, -0.1) is 0 Å². The Labute approximate surface area is 110 Å². The van der Waals surface area contributed by atoms with Crippen molar-refractivity contribution in [3.63, 3.8) is 0 Å². The van der Waals surface area contributed by atoms with Crippen LogP contribution in [0, 0.1) is 0 Å². The summed E-state index contributed by atoms with van der Waals surface area (Å²) in [6, 6.07) is 9.35. The molecule has 2 aliphatic rings. The third-order valence-corrected chi connectivity index (χ3v) is 3.66. The molecule has 0 aliphatic carbocycles. The predicted octanol–water partition coefficient (Wildman–Crippen LogP) is 0.0333. The van der Waals surface area contributed by atoms with E-state index >= 15 is 0 Å². The molecule has 2 aliphatic heterocycles. The molecule has 0 saturated carbocycles. The van der Waals surface area contributed by atoms with E-state index in [1.165, 1.54) is 17.1 Å². The second-order valence-electron chi connectivity index (χ2n) is 4.86. The number of fused-ring (bicyclic) bond motifs is 1. The molecule has 100 valence electrons. The minimum Gasteiger partial charge on any atom is -0.459 e. The molecule has 1 fully saturated rings. The first-order valence-corrected chi connectivity index (χ1v) is 6.17. The SMILES string of the molecule is O=C(OCc1ccccc1)[C@@]12CN1[C@H](O)C=C[C@@H]2O. The number of esters is 1. The molecular formula is C14H15NO4. The maximum atomic E-state index is 12.1. The van der Waals surface area contributed by atoms with Crippen molar-refractivity contribution >= 4 is 5.97 Å². The van der Waals surface area contributed by atoms with Crippen LogP contribution in [0.25, 0.3) is 0 Å². The number of rotatable bonds is 3. The van der Waals surface area contributed by atoms with Gasteiger partial charge in [-0.1, -0.05) is 36.4 Å². The van der Waals surface area contributed by atoms with E-state index in [0.717, 1.165) is 5.56 Å². The largest absolute Gasteiger partial charge is 0.459 e. The monoisotopic (exact) mass is 261 g/mol. The van der Waals surface area contributed by atoms with Crippen molar-refractivity contribution < 1.29 is 19.7 Å². The number of carbonyl (C=O) groups is 1. The zero-order valence-electron chi connectivity index (χ0n) is 10.3. The fraction of sp³-hybridized carbons (Fsp3) is 0.357. The summed E-state index contributed by atoms with van der Waals surface area (Å²) < 4.78 is 5.25. The highest BCUT2D eigenvalue weighted by atomic mass is 16.5. The average molecular weight is 261 g/mol. The molecule has 2 N–H and O–H groups in total. The standard InChI is InChI=1S/C14H15NO4/c16-11-6-7-12(17)15-9-14(11,15)13(18)19-8-10-4-2-1-3-5-10/h1-7,11-12,16-17H,8-9H2/t11-,12+,14-,15?/m0/s1. The number of hydrogen-bond donors (Lipinski definition) is 2. The first-order valence-electron chi connectivity index (χ1n) is 6.17. The van der Waals surface area contributed by atoms with Gasteiger partial charge in [0, 0.05) is 6.54 Å². The molecular weight excluding hydrogens is 246 g/mol. The van der Waals surface area contributed by atoms with Crippen LogP contribution < -0.4 is 0 Å². The van der Waals surface area contributed by atoms with Gasteiger partial charge in [-0.2, -0.15) is 0 Å². The van der Waals surface area contributed by atoms with Gasteiger partial charge >= 0.3 is 5.97 Å². The van der Waals surface area contributed by atoms with Crippen molar-refractivity contribution in [2.45, 2.75) is 24.5 Å². The molecule has 1 aromatic rings. The Kier molecular flexibility index (Phi) is 2.89. The van der Waals surface area contributed by atoms with E-state index in [1.807, 2.05) is 30.3 Å². The molecule has 0 amide bonds. The number of nitrogens with zero attached hydrogens (tertiary/aromatic N) is 1. The number of aliphatic hydroxyl groups is 2. The third-order valence-electron chi connectivity index (χ3n) is 3.66. The quantitative estimate of drug-likeness (QED) is 0.456. The van der Waals surface area contributed by atoms with E-state index in [4.69, 9.17) is 4.74 Å². The topological polar surface area (TPSA) is 69.8 Å². The van der Waals surface area contributed by atoms with Gasteiger partial charge in [-0.05, 0) is 11.6 Å². The molecule has 0 aromatic heterocycles. The van der Waals surface area contributed by atoms with Crippen molar-refractivity contribution in [3.05, 3.63) is 48.0 Å². The summed E-state index contributed by atoms with van der Waals surface area (Å²) in [4.78, 5) is 13.6. The van der Waals surface area contributed by atoms with Crippen LogP contribution in [0.1, 0.15) is 5.56 Å². The second-order valence-corrected chi connectivity index (χ2v) is 4.86. The number of carbonyl (C=O) groups excluding carboxylic acids is 1. The lowest BCUT2D eigenvalue weighted by atomic mass is 10.00. The molecule has 2 heterocycles. The van der Waals surface area contributed by atoms with Gasteiger partial charge in [0.2, 0.25) is 0 Å². The van der Waals surface area contributed by atoms with Crippen LogP contribution in [0.4, 0.5) is 0 Å². The van der Waals surface area contributed by atoms with Gasteiger partial charge in [0.05, 0.1) is 0 Å². The van der Waals surface area contributed by atoms with E-state index < -0.39 is 23.8 Å². The molecule has 1 unspecified atom stereocenters. The van der Waals surface area contributed by atoms with Crippen molar-refractivity contribution in [1.82, 2.24) is 4.90 Å². The van der Waals surface area contributed by atoms with E-state index in [1.54, 1.807) is 0 Å². The van der Waals surface area contributed by atoms with E-state index in [9.17, 15) is 15.0 Å². The molecule has 4 atom stereocenters. The minimum absolute atomic E-state index is 0.168. The first kappa shape index (κ1) is 12.3. The first-order chi connectivity index (χ1) is 9.14. The van der Waals surface area contributed by atoms with Crippen molar-refractivity contribution in [2.75, 3.05) is 6.54 Å². The van der Waals surface area contributed by atoms with E-state index in [-0.39, 0.29) is 6.61 Å². The third kappa shape index (κ3) is 1.96. The summed E-state index contributed by atoms with van der Waals surface area (Å²) in [5, 5.41) is 19.6. The van der Waals surface area contributed by atoms with E-state index in [0.29, 0.717) is 6.54 Å². The summed E-state index contributed by atoms with van der Waals surface area (Å²) in [7, 11) is 0. The van der Waals surface area contributed by atoms with Gasteiger partial charge in [0.25, 0.3) is 0 Å². The number of ether oxygens (including phenoxy) is 1. The van der Waals surface area contributed by atoms with Crippen LogP contribution in [0.5, 0.6) is 0 Å². The second kappa shape index (κ2) is 4.45. The van der Waals surface area contributed by atoms with Crippen LogP contribution in [0.15, 0.2) is 42.5 Å². The molecule has 0 radical (unpaired) electrons. The number of aliphatic hydroxyl groups excluding tert-OH is 2. The molecule has 5 heteroatoms. The highest BCUT2D eigenvalue weighted by molar-refractivity contribution is 5.86. The van der Waals surface area contributed by atoms with Crippen molar-refractivity contribution in [1.29, 1.82) is 0 Å². The molecule has 3 rings (SSSR count). The summed E-state index contributed by atoms with van der Waals surface area (Å²) in [6.45, 7) is 0.484. The van der Waals surface area contributed by atoms with Crippen LogP contribution in [0.3, 0.4) is 0 Å². The van der Waals surface area contributed by atoms with Crippen LogP contribution >= 0.6 is 0 Å². The Bertz CT molecular complexity index is 515. The smallest absolute Gasteiger partial charge is 0.331 e. The normalized spacial score (nSPS) is 35.6. The molecule has 0 bridgehead atoms. The lowest BCUT2D eigenvalue weighted by Gasteiger charge is -2.25. The van der Waals surface area contributed by atoms with Crippen LogP contribution in [-0.2, 0) is 16.1 Å². The fourth-order valence-corrected chi connectivity index (χ4v) is 2.44. The van der Waals surface area contributed by atoms with Gasteiger partial charge in [-0.25, -0.2) is 4.79 Å². The fourth-order valence-electron chi connectivity index (χ4n) is 2.44. The summed E-state index contributed by atoms with van der Waals surface area (Å²) >= 11 is 0. The molecule has 0 spiro atoms. The van der Waals surface area contributed by atoms with Gasteiger partial charge in [0.1, 0.15) is 18.9 Å². The zero-order chi connectivity index (χ0) is 13.5.